The Morgan fingerprint density at radius 2 is 1.81 bits per heavy atom. The van der Waals surface area contributed by atoms with E-state index in [1.54, 1.807) is 0 Å². The third kappa shape index (κ3) is 2.52. The van der Waals surface area contributed by atoms with E-state index in [4.69, 9.17) is 29.2 Å². The van der Waals surface area contributed by atoms with Crippen molar-refractivity contribution < 1.29 is 34.0 Å². The van der Waals surface area contributed by atoms with Crippen LogP contribution >= 0.6 is 0 Å². The van der Waals surface area contributed by atoms with Gasteiger partial charge in [-0.05, 0) is 0 Å². The van der Waals surface area contributed by atoms with Gasteiger partial charge in [-0.15, -0.1) is 0 Å². The van der Waals surface area contributed by atoms with Gasteiger partial charge in [0.05, 0.1) is 5.48 Å². The van der Waals surface area contributed by atoms with Crippen LogP contribution in [0.3, 0.4) is 0 Å². The normalized spacial score (nSPS) is 38.9. The van der Waals surface area contributed by atoms with Gasteiger partial charge in [0.25, 0.3) is 0 Å². The van der Waals surface area contributed by atoms with Gasteiger partial charge in [0.1, 0.15) is 24.9 Å². The fourth-order valence-electron chi connectivity index (χ4n) is 1.55. The lowest BCUT2D eigenvalue weighted by Gasteiger charge is -2.29. The van der Waals surface area contributed by atoms with Crippen LogP contribution in [0.25, 0.3) is 0 Å². The highest BCUT2D eigenvalue weighted by molar-refractivity contribution is 5.76. The standard InChI is InChI=1S/C10H18O6/c1-12-6-5-16-10(11)9(15-4)8(14-3)7(6)13-2/h6-9H,5H2,1-4H3/t6-,7+,8+,9-/m1/s1/i1D,2D,3D,4D. The molecule has 6 heteroatoms. The lowest BCUT2D eigenvalue weighted by molar-refractivity contribution is -0.164. The number of hydrogen-bond donors (Lipinski definition) is 0. The lowest BCUT2D eigenvalue weighted by atomic mass is 10.0. The van der Waals surface area contributed by atoms with E-state index in [1.807, 2.05) is 0 Å². The second-order valence-electron chi connectivity index (χ2n) is 3.18. The molecule has 0 aromatic carbocycles. The van der Waals surface area contributed by atoms with Crippen LogP contribution in [0.15, 0.2) is 0 Å². The van der Waals surface area contributed by atoms with Gasteiger partial charge in [0.2, 0.25) is 0 Å². The third-order valence-electron chi connectivity index (χ3n) is 2.39. The van der Waals surface area contributed by atoms with Crippen LogP contribution < -0.4 is 0 Å². The number of carbonyl (C=O) groups is 1. The van der Waals surface area contributed by atoms with Gasteiger partial charge in [-0.25, -0.2) is 4.79 Å². The van der Waals surface area contributed by atoms with Crippen LogP contribution in [0.2, 0.25) is 0 Å². The zero-order chi connectivity index (χ0) is 15.0. The van der Waals surface area contributed by atoms with E-state index in [0.717, 1.165) is 0 Å². The predicted molar refractivity (Wildman–Crippen MR) is 54.1 cm³/mol. The third-order valence-corrected chi connectivity index (χ3v) is 2.39. The monoisotopic (exact) mass is 238 g/mol. The first-order valence-corrected chi connectivity index (χ1v) is 4.49. The second-order valence-corrected chi connectivity index (χ2v) is 3.18. The van der Waals surface area contributed by atoms with Crippen LogP contribution in [0, 0.1) is 0 Å². The Balaban J connectivity index is 2.98. The summed E-state index contributed by atoms with van der Waals surface area (Å²) in [4.78, 5) is 11.8. The maximum atomic E-state index is 11.8. The van der Waals surface area contributed by atoms with Crippen LogP contribution in [0.1, 0.15) is 5.48 Å². The average Bonchev–Trinajstić information content (AvgIpc) is 2.54. The summed E-state index contributed by atoms with van der Waals surface area (Å²) >= 11 is 0. The molecule has 4 atom stereocenters. The number of esters is 1. The molecule has 0 saturated carbocycles. The first kappa shape index (κ1) is 8.41. The molecule has 94 valence electrons. The molecule has 1 aliphatic rings. The summed E-state index contributed by atoms with van der Waals surface area (Å²) in [5.41, 5.74) is 0. The molecule has 1 saturated heterocycles. The van der Waals surface area contributed by atoms with Gasteiger partial charge in [-0.2, -0.15) is 0 Å². The molecular weight excluding hydrogens is 216 g/mol. The molecule has 1 fully saturated rings. The smallest absolute Gasteiger partial charge is 0.338 e. The minimum absolute atomic E-state index is 0.169. The molecule has 0 radical (unpaired) electrons. The van der Waals surface area contributed by atoms with E-state index in [0.29, 0.717) is 0 Å². The van der Waals surface area contributed by atoms with E-state index in [-0.39, 0.29) is 13.7 Å². The summed E-state index contributed by atoms with van der Waals surface area (Å²) in [7, 11) is -1.74. The molecule has 0 unspecified atom stereocenters. The molecule has 0 spiro atoms. The molecule has 0 N–H and O–H groups in total. The highest BCUT2D eigenvalue weighted by Crippen LogP contribution is 2.20. The van der Waals surface area contributed by atoms with Crippen molar-refractivity contribution in [3.05, 3.63) is 0 Å². The largest absolute Gasteiger partial charge is 0.461 e. The fraction of sp³-hybridized carbons (Fsp3) is 0.900. The molecule has 0 aliphatic carbocycles. The Labute approximate surface area is 100 Å². The van der Waals surface area contributed by atoms with Crippen molar-refractivity contribution in [3.63, 3.8) is 0 Å². The molecule has 1 rings (SSSR count). The van der Waals surface area contributed by atoms with Crippen LogP contribution in [-0.4, -0.2) is 65.3 Å². The van der Waals surface area contributed by atoms with Gasteiger partial charge in [0.15, 0.2) is 6.10 Å². The fourth-order valence-corrected chi connectivity index (χ4v) is 1.55. The molecule has 1 heterocycles. The summed E-state index contributed by atoms with van der Waals surface area (Å²) in [6.45, 7) is -0.169. The first-order valence-electron chi connectivity index (χ1n) is 7.32. The highest BCUT2D eigenvalue weighted by Gasteiger charge is 2.43. The maximum Gasteiger partial charge on any atom is 0.338 e. The minimum Gasteiger partial charge on any atom is -0.461 e. The van der Waals surface area contributed by atoms with E-state index in [2.05, 4.69) is 0 Å². The summed E-state index contributed by atoms with van der Waals surface area (Å²) in [5, 5.41) is 0. The summed E-state index contributed by atoms with van der Waals surface area (Å²) < 4.78 is 53.8. The zero-order valence-electron chi connectivity index (χ0n) is 12.8. The van der Waals surface area contributed by atoms with Crippen molar-refractivity contribution in [1.82, 2.24) is 0 Å². The van der Waals surface area contributed by atoms with Gasteiger partial charge in [-0.1, -0.05) is 0 Å². The Bertz CT molecular complexity index is 295. The quantitative estimate of drug-likeness (QED) is 0.621. The molecule has 6 nitrogen and oxygen atoms in total. The number of methoxy groups -OCH3 is 4. The van der Waals surface area contributed by atoms with E-state index in [1.165, 1.54) is 0 Å². The number of carbonyl (C=O) groups excluding carboxylic acids is 1. The highest BCUT2D eigenvalue weighted by atomic mass is 16.6. The lowest BCUT2D eigenvalue weighted by Crippen LogP contribution is -2.48. The minimum atomic E-state index is -1.23. The Morgan fingerprint density at radius 1 is 1.12 bits per heavy atom. The van der Waals surface area contributed by atoms with Gasteiger partial charge < -0.3 is 23.7 Å². The molecule has 0 aromatic heterocycles. The SMILES string of the molecule is [2H]CO[C@@H]1[C@H](OC[2H])[C@@H](OC[2H])C(=O)OC[C@H]1OC[2H]. The van der Waals surface area contributed by atoms with Gasteiger partial charge in [0, 0.05) is 28.3 Å². The molecule has 0 amide bonds. The first-order chi connectivity index (χ1) is 9.69. The van der Waals surface area contributed by atoms with Crippen molar-refractivity contribution in [2.24, 2.45) is 0 Å². The molecule has 1 aliphatic heterocycles. The van der Waals surface area contributed by atoms with E-state index in [9.17, 15) is 4.79 Å². The average molecular weight is 238 g/mol. The molecule has 0 bridgehead atoms. The molecule has 16 heavy (non-hydrogen) atoms. The van der Waals surface area contributed by atoms with Crippen LogP contribution in [0.5, 0.6) is 0 Å². The molecule has 0 aromatic rings. The number of rotatable bonds is 4. The predicted octanol–water partition coefficient (Wildman–Crippen LogP) is -0.397. The van der Waals surface area contributed by atoms with Crippen molar-refractivity contribution in [1.29, 1.82) is 0 Å². The van der Waals surface area contributed by atoms with Gasteiger partial charge >= 0.3 is 5.97 Å². The zero-order valence-corrected chi connectivity index (χ0v) is 8.79. The Hall–Kier alpha value is -0.690. The number of cyclic esters (lactones) is 1. The van der Waals surface area contributed by atoms with E-state index >= 15 is 0 Å². The second kappa shape index (κ2) is 6.15. The van der Waals surface area contributed by atoms with Crippen molar-refractivity contribution in [2.45, 2.75) is 24.4 Å². The van der Waals surface area contributed by atoms with Gasteiger partial charge in [-0.3, -0.25) is 0 Å². The topological polar surface area (TPSA) is 63.2 Å². The Morgan fingerprint density at radius 3 is 2.50 bits per heavy atom. The summed E-state index contributed by atoms with van der Waals surface area (Å²) in [5.74, 6) is -0.745. The Kier molecular flexibility index (Phi) is 3.23. The summed E-state index contributed by atoms with van der Waals surface area (Å²) in [6, 6.07) is 0. The maximum absolute atomic E-state index is 11.8. The van der Waals surface area contributed by atoms with Crippen molar-refractivity contribution >= 4 is 5.97 Å². The van der Waals surface area contributed by atoms with Crippen molar-refractivity contribution in [2.75, 3.05) is 35.0 Å². The number of ether oxygens (including phenoxy) is 5. The number of hydrogen-bond acceptors (Lipinski definition) is 6. The summed E-state index contributed by atoms with van der Waals surface area (Å²) in [6.07, 6.45) is -3.95. The van der Waals surface area contributed by atoms with Crippen LogP contribution in [0.4, 0.5) is 0 Å². The van der Waals surface area contributed by atoms with E-state index < -0.39 is 51.6 Å². The van der Waals surface area contributed by atoms with Crippen molar-refractivity contribution in [3.8, 4) is 0 Å². The molecular formula is C10H18O6. The van der Waals surface area contributed by atoms with Crippen LogP contribution in [-0.2, 0) is 28.5 Å².